The molecule has 0 saturated heterocycles. The number of nitrogens with zero attached hydrogens (tertiary/aromatic N) is 2. The number of aryl methyl sites for hydroxylation is 1. The zero-order valence-electron chi connectivity index (χ0n) is 22.0. The van der Waals surface area contributed by atoms with Crippen molar-refractivity contribution < 1.29 is 14.3 Å². The number of anilines is 1. The van der Waals surface area contributed by atoms with Gasteiger partial charge in [0.15, 0.2) is 6.61 Å². The molecule has 2 amide bonds. The van der Waals surface area contributed by atoms with Gasteiger partial charge < -0.3 is 14.6 Å². The highest BCUT2D eigenvalue weighted by Crippen LogP contribution is 2.26. The van der Waals surface area contributed by atoms with E-state index in [1.54, 1.807) is 42.6 Å². The predicted molar refractivity (Wildman–Crippen MR) is 158 cm³/mol. The molecule has 198 valence electrons. The highest BCUT2D eigenvalue weighted by atomic mass is 16.5. The molecule has 0 aliphatic rings. The van der Waals surface area contributed by atoms with E-state index in [-0.39, 0.29) is 18.4 Å². The number of rotatable bonds is 9. The van der Waals surface area contributed by atoms with Crippen molar-refractivity contribution in [2.75, 3.05) is 11.9 Å². The van der Waals surface area contributed by atoms with Crippen molar-refractivity contribution in [1.29, 1.82) is 0 Å². The van der Waals surface area contributed by atoms with Gasteiger partial charge in [0.05, 0.1) is 11.9 Å². The van der Waals surface area contributed by atoms with Crippen LogP contribution in [0.25, 0.3) is 16.9 Å². The molecule has 7 nitrogen and oxygen atoms in total. The predicted octanol–water partition coefficient (Wildman–Crippen LogP) is 6.23. The Morgan fingerprint density at radius 1 is 0.800 bits per heavy atom. The van der Waals surface area contributed by atoms with Crippen molar-refractivity contribution in [3.05, 3.63) is 138 Å². The molecule has 0 unspecified atom stereocenters. The standard InChI is InChI=1S/C33H28N4O3/c1-24-12-21-31(26-8-4-2-5-9-26)37(24)29-17-15-27(16-18-29)33(39)36-34-22-25-13-19-30(20-14-25)40-23-32(38)35-28-10-6-3-7-11-28/h2-22H,23H2,1H3,(H,35,38)(H,36,39)/b34-22+. The first kappa shape index (κ1) is 26.2. The minimum absolute atomic E-state index is 0.103. The lowest BCUT2D eigenvalue weighted by Crippen LogP contribution is -2.20. The summed E-state index contributed by atoms with van der Waals surface area (Å²) in [4.78, 5) is 24.7. The first-order valence-corrected chi connectivity index (χ1v) is 12.8. The molecule has 7 heteroatoms. The minimum Gasteiger partial charge on any atom is -0.484 e. The maximum Gasteiger partial charge on any atom is 0.271 e. The number of aromatic nitrogens is 1. The van der Waals surface area contributed by atoms with Crippen LogP contribution in [0.4, 0.5) is 5.69 Å². The largest absolute Gasteiger partial charge is 0.484 e. The highest BCUT2D eigenvalue weighted by molar-refractivity contribution is 5.95. The summed E-state index contributed by atoms with van der Waals surface area (Å²) >= 11 is 0. The Kier molecular flexibility index (Phi) is 8.12. The number of carbonyl (C=O) groups is 2. The molecule has 1 heterocycles. The average molecular weight is 529 g/mol. The Labute approximate surface area is 232 Å². The van der Waals surface area contributed by atoms with E-state index in [4.69, 9.17) is 4.74 Å². The molecule has 0 saturated carbocycles. The lowest BCUT2D eigenvalue weighted by Gasteiger charge is -2.12. The number of benzene rings is 4. The van der Waals surface area contributed by atoms with Crippen molar-refractivity contribution in [3.63, 3.8) is 0 Å². The summed E-state index contributed by atoms with van der Waals surface area (Å²) in [6.45, 7) is 1.96. The van der Waals surface area contributed by atoms with Crippen LogP contribution in [0.2, 0.25) is 0 Å². The average Bonchev–Trinajstić information content (AvgIpc) is 3.39. The van der Waals surface area contributed by atoms with Crippen molar-refractivity contribution in [3.8, 4) is 22.7 Å². The fourth-order valence-corrected chi connectivity index (χ4v) is 4.22. The van der Waals surface area contributed by atoms with Gasteiger partial charge in [-0.1, -0.05) is 48.5 Å². The van der Waals surface area contributed by atoms with Gasteiger partial charge in [-0.3, -0.25) is 9.59 Å². The Hall–Kier alpha value is -5.43. The quantitative estimate of drug-likeness (QED) is 0.176. The van der Waals surface area contributed by atoms with Crippen LogP contribution in [0, 0.1) is 6.92 Å². The van der Waals surface area contributed by atoms with E-state index in [1.165, 1.54) is 0 Å². The number of hydrogen-bond acceptors (Lipinski definition) is 4. The Morgan fingerprint density at radius 3 is 2.17 bits per heavy atom. The number of hydrazone groups is 1. The lowest BCUT2D eigenvalue weighted by molar-refractivity contribution is -0.118. The van der Waals surface area contributed by atoms with Crippen molar-refractivity contribution in [1.82, 2.24) is 9.99 Å². The summed E-state index contributed by atoms with van der Waals surface area (Å²) in [5.74, 6) is 0.00486. The van der Waals surface area contributed by atoms with E-state index in [9.17, 15) is 9.59 Å². The second-order valence-corrected chi connectivity index (χ2v) is 9.08. The summed E-state index contributed by atoms with van der Waals surface area (Å²) in [5, 5.41) is 6.84. The molecule has 0 spiro atoms. The first-order valence-electron chi connectivity index (χ1n) is 12.8. The smallest absolute Gasteiger partial charge is 0.271 e. The number of nitrogens with one attached hydrogen (secondary N) is 2. The van der Waals surface area contributed by atoms with Crippen LogP contribution in [-0.4, -0.2) is 29.2 Å². The Morgan fingerprint density at radius 2 is 1.48 bits per heavy atom. The maximum atomic E-state index is 12.6. The normalized spacial score (nSPS) is 10.8. The molecule has 1 aromatic heterocycles. The zero-order chi connectivity index (χ0) is 27.7. The molecule has 40 heavy (non-hydrogen) atoms. The summed E-state index contributed by atoms with van der Waals surface area (Å²) in [6, 6.07) is 38.1. The number of carbonyl (C=O) groups excluding carboxylic acids is 2. The molecule has 0 fully saturated rings. The van der Waals surface area contributed by atoms with Crippen LogP contribution < -0.4 is 15.5 Å². The highest BCUT2D eigenvalue weighted by Gasteiger charge is 2.11. The summed E-state index contributed by atoms with van der Waals surface area (Å²) < 4.78 is 7.71. The second kappa shape index (κ2) is 12.4. The number of hydrogen-bond donors (Lipinski definition) is 2. The molecule has 0 aliphatic heterocycles. The van der Waals surface area contributed by atoms with E-state index in [1.807, 2.05) is 60.7 Å². The fraction of sp³-hybridized carbons (Fsp3) is 0.0606. The molecular formula is C33H28N4O3. The van der Waals surface area contributed by atoms with Crippen LogP contribution in [-0.2, 0) is 4.79 Å². The number of para-hydroxylation sites is 1. The van der Waals surface area contributed by atoms with Gasteiger partial charge in [-0.2, -0.15) is 5.10 Å². The molecule has 0 atom stereocenters. The van der Waals surface area contributed by atoms with E-state index in [2.05, 4.69) is 51.6 Å². The minimum atomic E-state index is -0.306. The molecule has 0 aliphatic carbocycles. The molecule has 5 aromatic rings. The van der Waals surface area contributed by atoms with E-state index >= 15 is 0 Å². The van der Waals surface area contributed by atoms with E-state index in [0.29, 0.717) is 17.0 Å². The molecule has 5 rings (SSSR count). The molecule has 0 radical (unpaired) electrons. The van der Waals surface area contributed by atoms with Crippen LogP contribution in [0.15, 0.2) is 126 Å². The molecule has 0 bridgehead atoms. The van der Waals surface area contributed by atoms with Gasteiger partial charge in [0.25, 0.3) is 11.8 Å². The molecule has 4 aromatic carbocycles. The third-order valence-electron chi connectivity index (χ3n) is 6.22. The fourth-order valence-electron chi connectivity index (χ4n) is 4.22. The third kappa shape index (κ3) is 6.52. The third-order valence-corrected chi connectivity index (χ3v) is 6.22. The van der Waals surface area contributed by atoms with Crippen molar-refractivity contribution >= 4 is 23.7 Å². The zero-order valence-corrected chi connectivity index (χ0v) is 22.0. The molecular weight excluding hydrogens is 500 g/mol. The SMILES string of the molecule is Cc1ccc(-c2ccccc2)n1-c1ccc(C(=O)N/N=C/c2ccc(OCC(=O)Nc3ccccc3)cc2)cc1. The van der Waals surface area contributed by atoms with Crippen LogP contribution >= 0.6 is 0 Å². The Bertz CT molecular complexity index is 1610. The number of ether oxygens (including phenoxy) is 1. The van der Waals surface area contributed by atoms with Crippen LogP contribution in [0.1, 0.15) is 21.6 Å². The summed E-state index contributed by atoms with van der Waals surface area (Å²) in [7, 11) is 0. The number of amides is 2. The van der Waals surface area contributed by atoms with Gasteiger partial charge in [-0.15, -0.1) is 0 Å². The van der Waals surface area contributed by atoms with Gasteiger partial charge in [0, 0.05) is 22.6 Å². The van der Waals surface area contributed by atoms with Gasteiger partial charge in [0.1, 0.15) is 5.75 Å². The van der Waals surface area contributed by atoms with Gasteiger partial charge in [0.2, 0.25) is 0 Å². The topological polar surface area (TPSA) is 84.7 Å². The maximum absolute atomic E-state index is 12.6. The summed E-state index contributed by atoms with van der Waals surface area (Å²) in [6.07, 6.45) is 1.55. The second-order valence-electron chi connectivity index (χ2n) is 9.08. The monoisotopic (exact) mass is 528 g/mol. The van der Waals surface area contributed by atoms with Gasteiger partial charge >= 0.3 is 0 Å². The summed E-state index contributed by atoms with van der Waals surface area (Å²) in [5.41, 5.74) is 8.85. The van der Waals surface area contributed by atoms with E-state index in [0.717, 1.165) is 28.2 Å². The van der Waals surface area contributed by atoms with Crippen LogP contribution in [0.3, 0.4) is 0 Å². The van der Waals surface area contributed by atoms with Crippen LogP contribution in [0.5, 0.6) is 5.75 Å². The Balaban J connectivity index is 1.14. The van der Waals surface area contributed by atoms with E-state index < -0.39 is 0 Å². The molecule has 2 N–H and O–H groups in total. The van der Waals surface area contributed by atoms with Crippen molar-refractivity contribution in [2.45, 2.75) is 6.92 Å². The van der Waals surface area contributed by atoms with Crippen molar-refractivity contribution in [2.24, 2.45) is 5.10 Å². The first-order chi connectivity index (χ1) is 19.6. The van der Waals surface area contributed by atoms with Gasteiger partial charge in [-0.25, -0.2) is 5.43 Å². The lowest BCUT2D eigenvalue weighted by atomic mass is 10.1. The van der Waals surface area contributed by atoms with Gasteiger partial charge in [-0.05, 0) is 90.8 Å².